The third kappa shape index (κ3) is 2.15. The van der Waals surface area contributed by atoms with E-state index in [1.54, 1.807) is 36.4 Å². The lowest BCUT2D eigenvalue weighted by molar-refractivity contribution is 0.630. The second-order valence-electron chi connectivity index (χ2n) is 3.95. The molecule has 94 valence electrons. The van der Waals surface area contributed by atoms with E-state index in [1.165, 1.54) is 6.07 Å². The minimum absolute atomic E-state index is 0.226. The number of fused-ring (bicyclic) bond motifs is 1. The van der Waals surface area contributed by atoms with E-state index in [0.29, 0.717) is 21.5 Å². The van der Waals surface area contributed by atoms with Gasteiger partial charge in [-0.2, -0.15) is 0 Å². The quantitative estimate of drug-likeness (QED) is 0.605. The van der Waals surface area contributed by atoms with E-state index in [0.717, 1.165) is 0 Å². The fraction of sp³-hybridized carbons (Fsp3) is 0. The number of hydrogen-bond acceptors (Lipinski definition) is 2. The second kappa shape index (κ2) is 4.76. The van der Waals surface area contributed by atoms with E-state index in [1.807, 2.05) is 0 Å². The number of hydrogen-bond donors (Lipinski definition) is 0. The van der Waals surface area contributed by atoms with E-state index < -0.39 is 5.82 Å². The van der Waals surface area contributed by atoms with Crippen LogP contribution in [0.5, 0.6) is 0 Å². The maximum absolute atomic E-state index is 13.8. The summed E-state index contributed by atoms with van der Waals surface area (Å²) in [6, 6.07) is 11.5. The largest absolute Gasteiger partial charge is 0.226 e. The van der Waals surface area contributed by atoms with Crippen molar-refractivity contribution in [3.05, 3.63) is 58.5 Å². The predicted octanol–water partition coefficient (Wildman–Crippen LogP) is 4.74. The van der Waals surface area contributed by atoms with Gasteiger partial charge in [-0.1, -0.05) is 41.4 Å². The Bertz CT molecular complexity index is 774. The molecule has 0 saturated carbocycles. The van der Waals surface area contributed by atoms with Crippen LogP contribution >= 0.6 is 23.2 Å². The lowest BCUT2D eigenvalue weighted by Gasteiger charge is -2.06. The highest BCUT2D eigenvalue weighted by atomic mass is 35.5. The molecule has 19 heavy (non-hydrogen) atoms. The zero-order chi connectivity index (χ0) is 13.4. The van der Waals surface area contributed by atoms with Gasteiger partial charge in [0.15, 0.2) is 5.82 Å². The Morgan fingerprint density at radius 1 is 0.895 bits per heavy atom. The Kier molecular flexibility index (Phi) is 3.09. The molecule has 1 heterocycles. The van der Waals surface area contributed by atoms with Gasteiger partial charge in [-0.25, -0.2) is 14.4 Å². The topological polar surface area (TPSA) is 25.8 Å². The molecule has 0 bridgehead atoms. The summed E-state index contributed by atoms with van der Waals surface area (Å²) in [6.07, 6.45) is 0. The maximum Gasteiger partial charge on any atom is 0.164 e. The molecule has 0 spiro atoms. The SMILES string of the molecule is Fc1ccccc1-c1nc(Cl)c2cccc(Cl)c2n1. The Labute approximate surface area is 118 Å². The Hall–Kier alpha value is -1.71. The molecule has 0 atom stereocenters. The van der Waals surface area contributed by atoms with Crippen molar-refractivity contribution in [2.45, 2.75) is 0 Å². The summed E-state index contributed by atoms with van der Waals surface area (Å²) in [7, 11) is 0. The highest BCUT2D eigenvalue weighted by molar-refractivity contribution is 6.38. The van der Waals surface area contributed by atoms with Crippen LogP contribution in [0.15, 0.2) is 42.5 Å². The first kappa shape index (κ1) is 12.3. The number of rotatable bonds is 1. The van der Waals surface area contributed by atoms with Gasteiger partial charge in [0.25, 0.3) is 0 Å². The summed E-state index contributed by atoms with van der Waals surface area (Å²) in [5.74, 6) is -0.173. The summed E-state index contributed by atoms with van der Waals surface area (Å²) in [5, 5.41) is 1.36. The number of nitrogens with zero attached hydrogens (tertiary/aromatic N) is 2. The molecule has 2 nitrogen and oxygen atoms in total. The van der Waals surface area contributed by atoms with Crippen LogP contribution in [0.4, 0.5) is 4.39 Å². The van der Waals surface area contributed by atoms with Crippen molar-refractivity contribution in [2.75, 3.05) is 0 Å². The van der Waals surface area contributed by atoms with E-state index in [-0.39, 0.29) is 11.0 Å². The molecular formula is C14H7Cl2FN2. The maximum atomic E-state index is 13.8. The van der Waals surface area contributed by atoms with Gasteiger partial charge in [0.2, 0.25) is 0 Å². The zero-order valence-corrected chi connectivity index (χ0v) is 11.1. The number of benzene rings is 2. The summed E-state index contributed by atoms with van der Waals surface area (Å²) in [4.78, 5) is 8.43. The van der Waals surface area contributed by atoms with Crippen molar-refractivity contribution in [3.8, 4) is 11.4 Å². The first-order chi connectivity index (χ1) is 9.16. The molecule has 0 radical (unpaired) electrons. The molecule has 0 saturated heterocycles. The lowest BCUT2D eigenvalue weighted by atomic mass is 10.2. The Morgan fingerprint density at radius 3 is 2.47 bits per heavy atom. The van der Waals surface area contributed by atoms with E-state index >= 15 is 0 Å². The van der Waals surface area contributed by atoms with Crippen molar-refractivity contribution in [2.24, 2.45) is 0 Å². The molecule has 0 aliphatic rings. The van der Waals surface area contributed by atoms with Gasteiger partial charge in [0, 0.05) is 5.39 Å². The van der Waals surface area contributed by atoms with Crippen LogP contribution in [0.2, 0.25) is 10.2 Å². The normalized spacial score (nSPS) is 10.9. The number of aromatic nitrogens is 2. The molecule has 0 aliphatic carbocycles. The Morgan fingerprint density at radius 2 is 1.68 bits per heavy atom. The predicted molar refractivity (Wildman–Crippen MR) is 75.0 cm³/mol. The first-order valence-electron chi connectivity index (χ1n) is 5.53. The molecule has 0 unspecified atom stereocenters. The average molecular weight is 293 g/mol. The summed E-state index contributed by atoms with van der Waals surface area (Å²) < 4.78 is 13.8. The van der Waals surface area contributed by atoms with Crippen LogP contribution in [-0.2, 0) is 0 Å². The van der Waals surface area contributed by atoms with Gasteiger partial charge in [-0.15, -0.1) is 0 Å². The van der Waals surface area contributed by atoms with E-state index in [4.69, 9.17) is 23.2 Å². The number of halogens is 3. The van der Waals surface area contributed by atoms with Crippen LogP contribution < -0.4 is 0 Å². The second-order valence-corrected chi connectivity index (χ2v) is 4.72. The van der Waals surface area contributed by atoms with Crippen molar-refractivity contribution in [1.82, 2.24) is 9.97 Å². The molecule has 1 aromatic heterocycles. The van der Waals surface area contributed by atoms with E-state index in [2.05, 4.69) is 9.97 Å². The van der Waals surface area contributed by atoms with Crippen LogP contribution in [0.3, 0.4) is 0 Å². The molecule has 3 rings (SSSR count). The van der Waals surface area contributed by atoms with Crippen molar-refractivity contribution >= 4 is 34.1 Å². The van der Waals surface area contributed by atoms with Crippen LogP contribution in [-0.4, -0.2) is 9.97 Å². The molecule has 0 amide bonds. The van der Waals surface area contributed by atoms with Crippen molar-refractivity contribution in [1.29, 1.82) is 0 Å². The molecule has 3 aromatic rings. The smallest absolute Gasteiger partial charge is 0.164 e. The van der Waals surface area contributed by atoms with Crippen LogP contribution in [0.25, 0.3) is 22.3 Å². The monoisotopic (exact) mass is 292 g/mol. The van der Waals surface area contributed by atoms with Gasteiger partial charge in [-0.3, -0.25) is 0 Å². The number of para-hydroxylation sites is 1. The summed E-state index contributed by atoms with van der Waals surface area (Å²) >= 11 is 12.2. The Balaban J connectivity index is 2.33. The summed E-state index contributed by atoms with van der Waals surface area (Å²) in [6.45, 7) is 0. The van der Waals surface area contributed by atoms with Crippen LogP contribution in [0.1, 0.15) is 0 Å². The zero-order valence-electron chi connectivity index (χ0n) is 9.57. The van der Waals surface area contributed by atoms with Crippen LogP contribution in [0, 0.1) is 5.82 Å². The van der Waals surface area contributed by atoms with Gasteiger partial charge >= 0.3 is 0 Å². The fourth-order valence-corrected chi connectivity index (χ4v) is 2.29. The van der Waals surface area contributed by atoms with Gasteiger partial charge in [-0.05, 0) is 24.3 Å². The van der Waals surface area contributed by atoms with Gasteiger partial charge in [0.1, 0.15) is 11.0 Å². The minimum atomic E-state index is -0.398. The standard InChI is InChI=1S/C14H7Cl2FN2/c15-10-6-3-5-9-12(10)18-14(19-13(9)16)8-4-1-2-7-11(8)17/h1-7H. The third-order valence-corrected chi connectivity index (χ3v) is 3.34. The molecule has 0 aliphatic heterocycles. The minimum Gasteiger partial charge on any atom is -0.226 e. The molecule has 2 aromatic carbocycles. The van der Waals surface area contributed by atoms with Crippen molar-refractivity contribution in [3.63, 3.8) is 0 Å². The highest BCUT2D eigenvalue weighted by Crippen LogP contribution is 2.29. The molecule has 5 heteroatoms. The van der Waals surface area contributed by atoms with Crippen molar-refractivity contribution < 1.29 is 4.39 Å². The lowest BCUT2D eigenvalue weighted by Crippen LogP contribution is -1.94. The van der Waals surface area contributed by atoms with E-state index in [9.17, 15) is 4.39 Å². The molecule has 0 fully saturated rings. The average Bonchev–Trinajstić information content (AvgIpc) is 2.40. The fourth-order valence-electron chi connectivity index (χ4n) is 1.84. The summed E-state index contributed by atoms with van der Waals surface area (Å²) in [5.41, 5.74) is 0.814. The molecule has 0 N–H and O–H groups in total. The third-order valence-electron chi connectivity index (χ3n) is 2.75. The highest BCUT2D eigenvalue weighted by Gasteiger charge is 2.12. The van der Waals surface area contributed by atoms with Gasteiger partial charge in [0.05, 0.1) is 16.1 Å². The molecular weight excluding hydrogens is 286 g/mol. The first-order valence-corrected chi connectivity index (χ1v) is 6.29. The van der Waals surface area contributed by atoms with Gasteiger partial charge < -0.3 is 0 Å².